The second-order valence-corrected chi connectivity index (χ2v) is 8.37. The van der Waals surface area contributed by atoms with Crippen LogP contribution in [0.2, 0.25) is 0 Å². The number of nitrogens with one attached hydrogen (secondary N) is 1. The van der Waals surface area contributed by atoms with Crippen molar-refractivity contribution in [2.24, 2.45) is 0 Å². The van der Waals surface area contributed by atoms with Gasteiger partial charge in [0.05, 0.1) is 10.2 Å². The molecule has 0 aliphatic rings. The lowest BCUT2D eigenvalue weighted by Gasteiger charge is -2.11. The molecule has 1 heterocycles. The van der Waals surface area contributed by atoms with Crippen molar-refractivity contribution in [3.63, 3.8) is 0 Å². The Bertz CT molecular complexity index is 1270. The zero-order chi connectivity index (χ0) is 22.5. The van der Waals surface area contributed by atoms with Gasteiger partial charge >= 0.3 is 5.97 Å². The number of ether oxygens (including phenoxy) is 2. The fourth-order valence-corrected chi connectivity index (χ4v) is 4.34. The topological polar surface area (TPSA) is 77.5 Å². The number of rotatable bonds is 7. The fourth-order valence-electron chi connectivity index (χ4n) is 3.28. The molecule has 0 aliphatic carbocycles. The van der Waals surface area contributed by atoms with Crippen LogP contribution >= 0.6 is 11.3 Å². The van der Waals surface area contributed by atoms with Crippen molar-refractivity contribution in [3.05, 3.63) is 89.0 Å². The van der Waals surface area contributed by atoms with Gasteiger partial charge in [0.25, 0.3) is 5.91 Å². The van der Waals surface area contributed by atoms with E-state index in [1.165, 1.54) is 11.3 Å². The summed E-state index contributed by atoms with van der Waals surface area (Å²) in [6.07, 6.45) is 0. The number of anilines is 1. The summed E-state index contributed by atoms with van der Waals surface area (Å²) in [5, 5.41) is 3.18. The number of para-hydroxylation sites is 1. The largest absolute Gasteiger partial charge is 0.488 e. The molecular weight excluding hydrogens is 424 g/mol. The first-order valence-corrected chi connectivity index (χ1v) is 10.9. The molecule has 7 heteroatoms. The summed E-state index contributed by atoms with van der Waals surface area (Å²) in [5.41, 5.74) is 4.30. The number of thiazole rings is 1. The number of carbonyl (C=O) groups excluding carboxylic acids is 2. The van der Waals surface area contributed by atoms with Gasteiger partial charge in [0.1, 0.15) is 17.9 Å². The SMILES string of the molecule is Cc1cc(C)c2nc(NC(=O)COC(=O)c3ccccc3OCc3ccccc3)sc2c1. The Labute approximate surface area is 189 Å². The normalized spacial score (nSPS) is 10.7. The lowest BCUT2D eigenvalue weighted by molar-refractivity contribution is -0.119. The Hall–Kier alpha value is -3.71. The van der Waals surface area contributed by atoms with E-state index in [1.807, 2.05) is 56.3 Å². The summed E-state index contributed by atoms with van der Waals surface area (Å²) in [6.45, 7) is 3.91. The number of fused-ring (bicyclic) bond motifs is 1. The molecule has 0 saturated heterocycles. The summed E-state index contributed by atoms with van der Waals surface area (Å²) >= 11 is 1.39. The average molecular weight is 447 g/mol. The Balaban J connectivity index is 1.36. The second-order valence-electron chi connectivity index (χ2n) is 7.34. The highest BCUT2D eigenvalue weighted by Crippen LogP contribution is 2.29. The van der Waals surface area contributed by atoms with Crippen LogP contribution in [0.4, 0.5) is 5.13 Å². The lowest BCUT2D eigenvalue weighted by atomic mass is 10.1. The van der Waals surface area contributed by atoms with Crippen LogP contribution in [-0.2, 0) is 16.1 Å². The average Bonchev–Trinajstić information content (AvgIpc) is 3.19. The van der Waals surface area contributed by atoms with E-state index in [1.54, 1.807) is 24.3 Å². The number of carbonyl (C=O) groups is 2. The summed E-state index contributed by atoms with van der Waals surface area (Å²) in [5.74, 6) is -0.673. The third-order valence-electron chi connectivity index (χ3n) is 4.75. The molecule has 3 aromatic carbocycles. The van der Waals surface area contributed by atoms with E-state index in [2.05, 4.69) is 10.3 Å². The summed E-state index contributed by atoms with van der Waals surface area (Å²) in [4.78, 5) is 29.4. The minimum atomic E-state index is -0.625. The Morgan fingerprint density at radius 3 is 2.56 bits per heavy atom. The van der Waals surface area contributed by atoms with Crippen LogP contribution in [0.5, 0.6) is 5.75 Å². The minimum absolute atomic E-state index is 0.266. The monoisotopic (exact) mass is 446 g/mol. The Morgan fingerprint density at radius 2 is 1.75 bits per heavy atom. The molecule has 1 amide bonds. The van der Waals surface area contributed by atoms with E-state index in [0.29, 0.717) is 17.5 Å². The number of amides is 1. The van der Waals surface area contributed by atoms with Gasteiger partial charge in [-0.3, -0.25) is 10.1 Å². The third kappa shape index (κ3) is 5.12. The summed E-state index contributed by atoms with van der Waals surface area (Å²) < 4.78 is 12.0. The third-order valence-corrected chi connectivity index (χ3v) is 5.67. The molecule has 0 aliphatic heterocycles. The highest BCUT2D eigenvalue weighted by molar-refractivity contribution is 7.22. The van der Waals surface area contributed by atoms with Crippen molar-refractivity contribution in [1.29, 1.82) is 0 Å². The molecule has 4 rings (SSSR count). The highest BCUT2D eigenvalue weighted by atomic mass is 32.1. The predicted molar refractivity (Wildman–Crippen MR) is 125 cm³/mol. The number of nitrogens with zero attached hydrogens (tertiary/aromatic N) is 1. The molecule has 6 nitrogen and oxygen atoms in total. The number of aryl methyl sites for hydroxylation is 2. The number of esters is 1. The maximum atomic E-state index is 12.6. The van der Waals surface area contributed by atoms with Gasteiger partial charge in [-0.05, 0) is 48.7 Å². The molecule has 0 spiro atoms. The molecule has 1 N–H and O–H groups in total. The van der Waals surface area contributed by atoms with Gasteiger partial charge in [0.15, 0.2) is 11.7 Å². The first-order valence-electron chi connectivity index (χ1n) is 10.1. The van der Waals surface area contributed by atoms with Crippen molar-refractivity contribution in [3.8, 4) is 5.75 Å². The zero-order valence-corrected chi connectivity index (χ0v) is 18.6. The van der Waals surface area contributed by atoms with Crippen LogP contribution in [0.25, 0.3) is 10.2 Å². The van der Waals surface area contributed by atoms with Crippen LogP contribution in [-0.4, -0.2) is 23.5 Å². The smallest absolute Gasteiger partial charge is 0.342 e. The Morgan fingerprint density at radius 1 is 1.00 bits per heavy atom. The number of hydrogen-bond acceptors (Lipinski definition) is 6. The number of hydrogen-bond donors (Lipinski definition) is 1. The zero-order valence-electron chi connectivity index (χ0n) is 17.8. The van der Waals surface area contributed by atoms with Crippen LogP contribution in [0, 0.1) is 13.8 Å². The van der Waals surface area contributed by atoms with E-state index < -0.39 is 18.5 Å². The Kier molecular flexibility index (Phi) is 6.47. The van der Waals surface area contributed by atoms with Crippen molar-refractivity contribution >= 4 is 38.6 Å². The number of aromatic nitrogens is 1. The standard InChI is InChI=1S/C25H22N2O4S/c1-16-12-17(2)23-21(13-16)32-25(27-23)26-22(28)15-31-24(29)19-10-6-7-11-20(19)30-14-18-8-4-3-5-9-18/h3-13H,14-15H2,1-2H3,(H,26,27,28). The molecule has 162 valence electrons. The molecule has 0 bridgehead atoms. The second kappa shape index (κ2) is 9.62. The molecule has 0 unspecified atom stereocenters. The van der Waals surface area contributed by atoms with Gasteiger partial charge in [0.2, 0.25) is 0 Å². The van der Waals surface area contributed by atoms with E-state index >= 15 is 0 Å². The van der Waals surface area contributed by atoms with Crippen LogP contribution < -0.4 is 10.1 Å². The predicted octanol–water partition coefficient (Wildman–Crippen LogP) is 5.29. The van der Waals surface area contributed by atoms with E-state index in [9.17, 15) is 9.59 Å². The van der Waals surface area contributed by atoms with Gasteiger partial charge < -0.3 is 9.47 Å². The molecule has 32 heavy (non-hydrogen) atoms. The van der Waals surface area contributed by atoms with Gasteiger partial charge in [0, 0.05) is 0 Å². The van der Waals surface area contributed by atoms with Crippen LogP contribution in [0.1, 0.15) is 27.0 Å². The van der Waals surface area contributed by atoms with Crippen molar-refractivity contribution in [2.75, 3.05) is 11.9 Å². The first kappa shape index (κ1) is 21.5. The molecule has 1 aromatic heterocycles. The van der Waals surface area contributed by atoms with Gasteiger partial charge in [-0.15, -0.1) is 0 Å². The van der Waals surface area contributed by atoms with E-state index in [4.69, 9.17) is 9.47 Å². The van der Waals surface area contributed by atoms with Gasteiger partial charge in [-0.25, -0.2) is 9.78 Å². The molecule has 0 atom stereocenters. The van der Waals surface area contributed by atoms with Crippen molar-refractivity contribution in [2.45, 2.75) is 20.5 Å². The maximum Gasteiger partial charge on any atom is 0.342 e. The van der Waals surface area contributed by atoms with Crippen LogP contribution in [0.3, 0.4) is 0 Å². The maximum absolute atomic E-state index is 12.6. The lowest BCUT2D eigenvalue weighted by Crippen LogP contribution is -2.21. The van der Waals surface area contributed by atoms with Crippen molar-refractivity contribution in [1.82, 2.24) is 4.98 Å². The highest BCUT2D eigenvalue weighted by Gasteiger charge is 2.16. The van der Waals surface area contributed by atoms with E-state index in [-0.39, 0.29) is 5.56 Å². The molecular formula is C25H22N2O4S. The summed E-state index contributed by atoms with van der Waals surface area (Å²) in [7, 11) is 0. The minimum Gasteiger partial charge on any atom is -0.488 e. The quantitative estimate of drug-likeness (QED) is 0.391. The van der Waals surface area contributed by atoms with Gasteiger partial charge in [-0.2, -0.15) is 0 Å². The molecule has 0 fully saturated rings. The molecule has 4 aromatic rings. The number of benzene rings is 3. The fraction of sp³-hybridized carbons (Fsp3) is 0.160. The molecule has 0 radical (unpaired) electrons. The van der Waals surface area contributed by atoms with Crippen LogP contribution in [0.15, 0.2) is 66.7 Å². The first-order chi connectivity index (χ1) is 15.5. The van der Waals surface area contributed by atoms with Crippen molar-refractivity contribution < 1.29 is 19.1 Å². The molecule has 0 saturated carbocycles. The summed E-state index contributed by atoms with van der Waals surface area (Å²) in [6, 6.07) is 20.5. The van der Waals surface area contributed by atoms with Gasteiger partial charge in [-0.1, -0.05) is 59.9 Å². The van der Waals surface area contributed by atoms with E-state index in [0.717, 1.165) is 26.9 Å².